The molecule has 124 valence electrons. The average Bonchev–Trinajstić information content (AvgIpc) is 2.80. The van der Waals surface area contributed by atoms with Crippen molar-refractivity contribution in [2.75, 3.05) is 6.61 Å². The van der Waals surface area contributed by atoms with Crippen LogP contribution in [0.15, 0.2) is 41.5 Å². The number of aryl methyl sites for hydroxylation is 2. The van der Waals surface area contributed by atoms with E-state index in [1.165, 1.54) is 29.7 Å². The fourth-order valence-electron chi connectivity index (χ4n) is 3.30. The van der Waals surface area contributed by atoms with Crippen LogP contribution in [0, 0.1) is 0 Å². The minimum absolute atomic E-state index is 0.0797. The third kappa shape index (κ3) is 2.96. The number of rotatable bonds is 4. The molecule has 0 atom stereocenters. The Bertz CT molecular complexity index is 899. The van der Waals surface area contributed by atoms with Crippen molar-refractivity contribution in [3.05, 3.63) is 57.5 Å². The zero-order valence-electron chi connectivity index (χ0n) is 13.5. The first-order valence-electron chi connectivity index (χ1n) is 8.50. The summed E-state index contributed by atoms with van der Waals surface area (Å²) in [7, 11) is 0. The molecule has 0 amide bonds. The molecule has 0 spiro atoms. The number of hydrogen-bond donors (Lipinski definition) is 0. The SMILES string of the molecule is O=c1c2c3c(sc2ncn1CCOc1ccccc1)CCCCC3. The van der Waals surface area contributed by atoms with Gasteiger partial charge >= 0.3 is 0 Å². The van der Waals surface area contributed by atoms with Crippen LogP contribution in [0.25, 0.3) is 10.2 Å². The molecule has 1 aromatic carbocycles. The molecule has 4 nitrogen and oxygen atoms in total. The Morgan fingerprint density at radius 3 is 2.83 bits per heavy atom. The van der Waals surface area contributed by atoms with Gasteiger partial charge in [0.15, 0.2) is 0 Å². The summed E-state index contributed by atoms with van der Waals surface area (Å²) < 4.78 is 7.39. The lowest BCUT2D eigenvalue weighted by molar-refractivity contribution is 0.296. The van der Waals surface area contributed by atoms with Gasteiger partial charge in [0.05, 0.1) is 18.3 Å². The van der Waals surface area contributed by atoms with Gasteiger partial charge in [-0.15, -0.1) is 11.3 Å². The predicted octanol–water partition coefficient (Wildman–Crippen LogP) is 3.81. The first-order chi connectivity index (χ1) is 11.8. The number of para-hydroxylation sites is 1. The number of aromatic nitrogens is 2. The average molecular weight is 340 g/mol. The van der Waals surface area contributed by atoms with Gasteiger partial charge in [-0.3, -0.25) is 9.36 Å². The second-order valence-corrected chi connectivity index (χ2v) is 7.23. The maximum atomic E-state index is 12.9. The minimum Gasteiger partial charge on any atom is -0.492 e. The molecule has 0 radical (unpaired) electrons. The number of ether oxygens (including phenoxy) is 1. The summed E-state index contributed by atoms with van der Waals surface area (Å²) in [4.78, 5) is 19.7. The smallest absolute Gasteiger partial charge is 0.262 e. The van der Waals surface area contributed by atoms with E-state index in [0.717, 1.165) is 28.8 Å². The number of hydrogen-bond acceptors (Lipinski definition) is 4. The van der Waals surface area contributed by atoms with Crippen LogP contribution in [-0.2, 0) is 19.4 Å². The number of thiophene rings is 1. The monoisotopic (exact) mass is 340 g/mol. The largest absolute Gasteiger partial charge is 0.492 e. The Morgan fingerprint density at radius 1 is 1.12 bits per heavy atom. The summed E-state index contributed by atoms with van der Waals surface area (Å²) in [5.41, 5.74) is 1.33. The van der Waals surface area contributed by atoms with Crippen LogP contribution in [0.1, 0.15) is 29.7 Å². The van der Waals surface area contributed by atoms with Crippen LogP contribution >= 0.6 is 11.3 Å². The maximum absolute atomic E-state index is 12.9. The van der Waals surface area contributed by atoms with E-state index in [-0.39, 0.29) is 5.56 Å². The van der Waals surface area contributed by atoms with Crippen molar-refractivity contribution in [2.45, 2.75) is 38.6 Å². The van der Waals surface area contributed by atoms with Crippen LogP contribution in [0.2, 0.25) is 0 Å². The van der Waals surface area contributed by atoms with E-state index in [1.807, 2.05) is 30.3 Å². The van der Waals surface area contributed by atoms with Crippen LogP contribution in [0.4, 0.5) is 0 Å². The summed E-state index contributed by atoms with van der Waals surface area (Å²) in [5.74, 6) is 0.823. The highest BCUT2D eigenvalue weighted by Gasteiger charge is 2.18. The van der Waals surface area contributed by atoms with Gasteiger partial charge in [-0.25, -0.2) is 4.98 Å². The van der Waals surface area contributed by atoms with Crippen molar-refractivity contribution in [1.29, 1.82) is 0 Å². The molecule has 1 aliphatic rings. The van der Waals surface area contributed by atoms with Gasteiger partial charge in [-0.1, -0.05) is 24.6 Å². The minimum atomic E-state index is 0.0797. The van der Waals surface area contributed by atoms with E-state index < -0.39 is 0 Å². The fraction of sp³-hybridized carbons (Fsp3) is 0.368. The molecular weight excluding hydrogens is 320 g/mol. The van der Waals surface area contributed by atoms with Crippen LogP contribution < -0.4 is 10.3 Å². The topological polar surface area (TPSA) is 44.1 Å². The third-order valence-corrected chi connectivity index (χ3v) is 5.74. The van der Waals surface area contributed by atoms with Gasteiger partial charge in [-0.05, 0) is 43.4 Å². The van der Waals surface area contributed by atoms with Crippen LogP contribution in [-0.4, -0.2) is 16.2 Å². The Hall–Kier alpha value is -2.14. The first-order valence-corrected chi connectivity index (χ1v) is 9.32. The molecule has 5 heteroatoms. The summed E-state index contributed by atoms with van der Waals surface area (Å²) >= 11 is 1.70. The molecule has 0 fully saturated rings. The van der Waals surface area contributed by atoms with Crippen LogP contribution in [0.3, 0.4) is 0 Å². The predicted molar refractivity (Wildman–Crippen MR) is 97.1 cm³/mol. The van der Waals surface area contributed by atoms with Crippen molar-refractivity contribution in [3.63, 3.8) is 0 Å². The highest BCUT2D eigenvalue weighted by molar-refractivity contribution is 7.18. The highest BCUT2D eigenvalue weighted by atomic mass is 32.1. The zero-order valence-corrected chi connectivity index (χ0v) is 14.3. The second-order valence-electron chi connectivity index (χ2n) is 6.15. The summed E-state index contributed by atoms with van der Waals surface area (Å²) in [6.07, 6.45) is 7.41. The lowest BCUT2D eigenvalue weighted by Crippen LogP contribution is -2.23. The van der Waals surface area contributed by atoms with Gasteiger partial charge in [-0.2, -0.15) is 0 Å². The second kappa shape index (κ2) is 6.77. The maximum Gasteiger partial charge on any atom is 0.262 e. The molecule has 2 heterocycles. The summed E-state index contributed by atoms with van der Waals surface area (Å²) in [6.45, 7) is 0.977. The molecule has 0 bridgehead atoms. The zero-order chi connectivity index (χ0) is 16.4. The quantitative estimate of drug-likeness (QED) is 0.679. The Kier molecular flexibility index (Phi) is 4.34. The standard InChI is InChI=1S/C19H20N2O2S/c22-19-17-15-9-5-2-6-10-16(15)24-18(17)20-13-21(19)11-12-23-14-7-3-1-4-8-14/h1,3-4,7-8,13H,2,5-6,9-12H2. The van der Waals surface area contributed by atoms with Crippen LogP contribution in [0.5, 0.6) is 5.75 Å². The van der Waals surface area contributed by atoms with Crippen molar-refractivity contribution < 1.29 is 4.74 Å². The number of nitrogens with zero attached hydrogens (tertiary/aromatic N) is 2. The third-order valence-electron chi connectivity index (χ3n) is 4.54. The fourth-order valence-corrected chi connectivity index (χ4v) is 4.52. The van der Waals surface area contributed by atoms with Crippen molar-refractivity contribution in [2.24, 2.45) is 0 Å². The molecule has 0 aliphatic heterocycles. The Morgan fingerprint density at radius 2 is 1.96 bits per heavy atom. The number of fused-ring (bicyclic) bond motifs is 3. The van der Waals surface area contributed by atoms with Crippen molar-refractivity contribution >= 4 is 21.6 Å². The molecule has 0 N–H and O–H groups in total. The van der Waals surface area contributed by atoms with Gasteiger partial charge in [0.25, 0.3) is 5.56 Å². The normalized spacial score (nSPS) is 14.3. The lowest BCUT2D eigenvalue weighted by Gasteiger charge is -2.08. The van der Waals surface area contributed by atoms with E-state index in [2.05, 4.69) is 4.98 Å². The summed E-state index contributed by atoms with van der Waals surface area (Å²) in [6, 6.07) is 9.68. The number of benzene rings is 1. The van der Waals surface area contributed by atoms with Gasteiger partial charge in [0.2, 0.25) is 0 Å². The molecule has 1 aliphatic carbocycles. The Balaban J connectivity index is 1.59. The Labute approximate surface area is 144 Å². The van der Waals surface area contributed by atoms with E-state index in [1.54, 1.807) is 22.2 Å². The molecule has 3 aromatic rings. The molecular formula is C19H20N2O2S. The van der Waals surface area contributed by atoms with Crippen molar-refractivity contribution in [3.8, 4) is 5.75 Å². The summed E-state index contributed by atoms with van der Waals surface area (Å²) in [5, 5.41) is 0.846. The van der Waals surface area contributed by atoms with E-state index in [4.69, 9.17) is 4.74 Å². The molecule has 2 aromatic heterocycles. The lowest BCUT2D eigenvalue weighted by atomic mass is 10.1. The molecule has 4 rings (SSSR count). The molecule has 0 unspecified atom stereocenters. The van der Waals surface area contributed by atoms with Gasteiger partial charge in [0, 0.05) is 4.88 Å². The molecule has 24 heavy (non-hydrogen) atoms. The molecule has 0 saturated heterocycles. The van der Waals surface area contributed by atoms with E-state index in [0.29, 0.717) is 13.2 Å². The molecule has 0 saturated carbocycles. The highest BCUT2D eigenvalue weighted by Crippen LogP contribution is 2.32. The van der Waals surface area contributed by atoms with Gasteiger partial charge < -0.3 is 4.74 Å². The van der Waals surface area contributed by atoms with Crippen molar-refractivity contribution in [1.82, 2.24) is 9.55 Å². The van der Waals surface area contributed by atoms with E-state index >= 15 is 0 Å². The first kappa shape index (κ1) is 15.4. The van der Waals surface area contributed by atoms with Gasteiger partial charge in [0.1, 0.15) is 17.2 Å². The van der Waals surface area contributed by atoms with E-state index in [9.17, 15) is 4.79 Å².